The molecular formula is C19H16F4N4O. The van der Waals surface area contributed by atoms with E-state index in [1.54, 1.807) is 6.07 Å². The maximum absolute atomic E-state index is 14.0. The van der Waals surface area contributed by atoms with Gasteiger partial charge in [0.1, 0.15) is 17.3 Å². The molecule has 0 radical (unpaired) electrons. The summed E-state index contributed by atoms with van der Waals surface area (Å²) in [5.41, 5.74) is 8.20. The highest BCUT2D eigenvalue weighted by Crippen LogP contribution is 2.34. The van der Waals surface area contributed by atoms with Crippen molar-refractivity contribution < 1.29 is 22.4 Å². The molecular weight excluding hydrogens is 376 g/mol. The van der Waals surface area contributed by atoms with Crippen LogP contribution in [0.4, 0.5) is 23.2 Å². The zero-order valence-electron chi connectivity index (χ0n) is 14.6. The average Bonchev–Trinajstić information content (AvgIpc) is 2.64. The first-order valence-corrected chi connectivity index (χ1v) is 8.22. The standard InChI is InChI=1S/C19H16F4N4O/c1-11-14-6-3-7-15(20)18(14)25-16(10-24)27(11)26-17(28)9-12-4-2-5-13(8-12)19(21,22)23/h2-8H,1,9-10,24H2,(H,26,28). The van der Waals surface area contributed by atoms with Gasteiger partial charge in [0, 0.05) is 5.56 Å². The third-order valence-electron chi connectivity index (χ3n) is 4.10. The van der Waals surface area contributed by atoms with Crippen molar-refractivity contribution in [2.45, 2.75) is 12.6 Å². The second kappa shape index (κ2) is 7.43. The number of hydrogen-bond acceptors (Lipinski definition) is 4. The molecule has 146 valence electrons. The van der Waals surface area contributed by atoms with Gasteiger partial charge in [-0.15, -0.1) is 0 Å². The first-order chi connectivity index (χ1) is 13.2. The first kappa shape index (κ1) is 19.6. The predicted octanol–water partition coefficient (Wildman–Crippen LogP) is 3.39. The summed E-state index contributed by atoms with van der Waals surface area (Å²) >= 11 is 0. The molecule has 0 aromatic heterocycles. The minimum atomic E-state index is -4.50. The molecule has 1 amide bonds. The number of nitrogens with zero attached hydrogens (tertiary/aromatic N) is 2. The van der Waals surface area contributed by atoms with Crippen LogP contribution < -0.4 is 11.2 Å². The smallest absolute Gasteiger partial charge is 0.324 e. The normalized spacial score (nSPS) is 13.8. The van der Waals surface area contributed by atoms with Gasteiger partial charge >= 0.3 is 6.18 Å². The summed E-state index contributed by atoms with van der Waals surface area (Å²) < 4.78 is 52.4. The van der Waals surface area contributed by atoms with Crippen LogP contribution in [0.25, 0.3) is 5.70 Å². The van der Waals surface area contributed by atoms with E-state index in [4.69, 9.17) is 5.73 Å². The number of nitrogens with one attached hydrogen (secondary N) is 1. The number of amidine groups is 1. The maximum Gasteiger partial charge on any atom is 0.416 e. The molecule has 3 rings (SSSR count). The minimum Gasteiger partial charge on any atom is -0.324 e. The highest BCUT2D eigenvalue weighted by molar-refractivity contribution is 6.00. The Balaban J connectivity index is 1.80. The number of alkyl halides is 3. The lowest BCUT2D eigenvalue weighted by Crippen LogP contribution is -2.48. The number of fused-ring (bicyclic) bond motifs is 1. The lowest BCUT2D eigenvalue weighted by Gasteiger charge is -2.31. The van der Waals surface area contributed by atoms with Crippen molar-refractivity contribution in [2.24, 2.45) is 10.7 Å². The van der Waals surface area contributed by atoms with Crippen LogP contribution in [0.3, 0.4) is 0 Å². The lowest BCUT2D eigenvalue weighted by molar-refractivity contribution is -0.137. The molecule has 0 fully saturated rings. The largest absolute Gasteiger partial charge is 0.416 e. The molecule has 28 heavy (non-hydrogen) atoms. The number of para-hydroxylation sites is 1. The minimum absolute atomic E-state index is 0.0660. The van der Waals surface area contributed by atoms with E-state index in [9.17, 15) is 22.4 Å². The Labute approximate surface area is 158 Å². The molecule has 0 saturated heterocycles. The van der Waals surface area contributed by atoms with E-state index in [-0.39, 0.29) is 35.7 Å². The van der Waals surface area contributed by atoms with E-state index >= 15 is 0 Å². The third-order valence-corrected chi connectivity index (χ3v) is 4.10. The van der Waals surface area contributed by atoms with Gasteiger partial charge in [0.2, 0.25) is 5.91 Å². The zero-order valence-corrected chi connectivity index (χ0v) is 14.6. The Hall–Kier alpha value is -3.20. The summed E-state index contributed by atoms with van der Waals surface area (Å²) in [6.45, 7) is 3.73. The molecule has 9 heteroatoms. The molecule has 0 spiro atoms. The van der Waals surface area contributed by atoms with Crippen molar-refractivity contribution in [2.75, 3.05) is 6.54 Å². The molecule has 3 N–H and O–H groups in total. The Morgan fingerprint density at radius 3 is 2.61 bits per heavy atom. The fourth-order valence-electron chi connectivity index (χ4n) is 2.79. The van der Waals surface area contributed by atoms with Gasteiger partial charge in [-0.2, -0.15) is 13.2 Å². The fourth-order valence-corrected chi connectivity index (χ4v) is 2.79. The van der Waals surface area contributed by atoms with Gasteiger partial charge < -0.3 is 5.73 Å². The first-order valence-electron chi connectivity index (χ1n) is 8.22. The monoisotopic (exact) mass is 392 g/mol. The van der Waals surface area contributed by atoms with E-state index in [1.165, 1.54) is 29.3 Å². The number of rotatable bonds is 4. The molecule has 1 heterocycles. The van der Waals surface area contributed by atoms with Crippen molar-refractivity contribution >= 4 is 23.1 Å². The van der Waals surface area contributed by atoms with Crippen LogP contribution in [0.15, 0.2) is 54.0 Å². The van der Waals surface area contributed by atoms with Gasteiger partial charge in [0.25, 0.3) is 0 Å². The van der Waals surface area contributed by atoms with Crippen molar-refractivity contribution in [3.63, 3.8) is 0 Å². The number of hydrogen-bond donors (Lipinski definition) is 2. The molecule has 0 aliphatic carbocycles. The van der Waals surface area contributed by atoms with Crippen molar-refractivity contribution in [3.8, 4) is 0 Å². The van der Waals surface area contributed by atoms with E-state index in [0.29, 0.717) is 5.56 Å². The van der Waals surface area contributed by atoms with Crippen molar-refractivity contribution in [1.29, 1.82) is 0 Å². The number of amides is 1. The molecule has 2 aromatic carbocycles. The van der Waals surface area contributed by atoms with Crippen LogP contribution in [-0.4, -0.2) is 23.3 Å². The maximum atomic E-state index is 14.0. The van der Waals surface area contributed by atoms with Crippen LogP contribution in [0.2, 0.25) is 0 Å². The number of halogens is 4. The van der Waals surface area contributed by atoms with E-state index in [2.05, 4.69) is 17.0 Å². The molecule has 0 bridgehead atoms. The highest BCUT2D eigenvalue weighted by atomic mass is 19.4. The van der Waals surface area contributed by atoms with E-state index in [0.717, 1.165) is 12.1 Å². The number of hydrazine groups is 1. The van der Waals surface area contributed by atoms with Crippen LogP contribution >= 0.6 is 0 Å². The second-order valence-electron chi connectivity index (χ2n) is 6.06. The molecule has 5 nitrogen and oxygen atoms in total. The zero-order chi connectivity index (χ0) is 20.5. The third kappa shape index (κ3) is 3.89. The fraction of sp³-hybridized carbons (Fsp3) is 0.158. The number of aliphatic imine (C=N–C) groups is 1. The summed E-state index contributed by atoms with van der Waals surface area (Å²) in [5, 5.41) is 1.22. The Kier molecular flexibility index (Phi) is 5.19. The van der Waals surface area contributed by atoms with Gasteiger partial charge in [-0.3, -0.25) is 10.2 Å². The second-order valence-corrected chi connectivity index (χ2v) is 6.06. The Morgan fingerprint density at radius 2 is 1.93 bits per heavy atom. The Bertz CT molecular complexity index is 969. The van der Waals surface area contributed by atoms with Crippen LogP contribution in [0.1, 0.15) is 16.7 Å². The van der Waals surface area contributed by atoms with E-state index < -0.39 is 23.5 Å². The summed E-state index contributed by atoms with van der Waals surface area (Å²) in [6, 6.07) is 8.80. The van der Waals surface area contributed by atoms with Crippen molar-refractivity contribution in [1.82, 2.24) is 10.4 Å². The van der Waals surface area contributed by atoms with Gasteiger partial charge in [0.15, 0.2) is 0 Å². The van der Waals surface area contributed by atoms with Gasteiger partial charge in [0.05, 0.1) is 24.2 Å². The number of benzene rings is 2. The van der Waals surface area contributed by atoms with Crippen molar-refractivity contribution in [3.05, 3.63) is 71.6 Å². The molecule has 1 aliphatic rings. The quantitative estimate of drug-likeness (QED) is 0.784. The number of carbonyl (C=O) groups is 1. The Morgan fingerprint density at radius 1 is 1.21 bits per heavy atom. The van der Waals surface area contributed by atoms with E-state index in [1.807, 2.05) is 0 Å². The van der Waals surface area contributed by atoms with Gasteiger partial charge in [-0.1, -0.05) is 36.9 Å². The summed E-state index contributed by atoms with van der Waals surface area (Å²) in [7, 11) is 0. The number of carbonyl (C=O) groups excluding carboxylic acids is 1. The molecule has 0 unspecified atom stereocenters. The van der Waals surface area contributed by atoms with Crippen LogP contribution in [-0.2, 0) is 17.4 Å². The highest BCUT2D eigenvalue weighted by Gasteiger charge is 2.31. The summed E-state index contributed by atoms with van der Waals surface area (Å²) in [5.74, 6) is -0.999. The predicted molar refractivity (Wildman–Crippen MR) is 96.7 cm³/mol. The number of nitrogens with two attached hydrogens (primary N) is 1. The van der Waals surface area contributed by atoms with Crippen LogP contribution in [0, 0.1) is 5.82 Å². The SMILES string of the molecule is C=C1c2cccc(F)c2N=C(CN)N1NC(=O)Cc1cccc(C(F)(F)F)c1. The molecule has 2 aromatic rings. The van der Waals surface area contributed by atoms with Gasteiger partial charge in [-0.25, -0.2) is 14.4 Å². The molecule has 1 aliphatic heterocycles. The average molecular weight is 392 g/mol. The summed E-state index contributed by atoms with van der Waals surface area (Å²) in [6.07, 6.45) is -4.80. The van der Waals surface area contributed by atoms with Gasteiger partial charge in [-0.05, 0) is 17.7 Å². The summed E-state index contributed by atoms with van der Waals surface area (Å²) in [4.78, 5) is 16.5. The molecule has 0 atom stereocenters. The lowest BCUT2D eigenvalue weighted by atomic mass is 10.1. The topological polar surface area (TPSA) is 70.7 Å². The molecule has 0 saturated carbocycles. The van der Waals surface area contributed by atoms with Crippen LogP contribution in [0.5, 0.6) is 0 Å².